The van der Waals surface area contributed by atoms with Crippen molar-refractivity contribution in [1.82, 2.24) is 31.2 Å². The lowest BCUT2D eigenvalue weighted by Gasteiger charge is -2.25. The van der Waals surface area contributed by atoms with E-state index in [4.69, 9.17) is 16.3 Å². The highest BCUT2D eigenvalue weighted by Crippen LogP contribution is 2.35. The Labute approximate surface area is 271 Å². The number of nitrogens with zero attached hydrogens (tertiary/aromatic N) is 1. The molecular formula is C33H37ClN6O6. The fourth-order valence-electron chi connectivity index (χ4n) is 5.24. The fourth-order valence-corrected chi connectivity index (χ4v) is 5.49. The SMILES string of the molecule is C[C@@H]1NC(=O)[C@@H](NC(=O)c2cc(Cl)cn2C)Cc2ccc(cc2)OCCNC(=O)C2(CC2)NC(=O)[C@@H](Cc2ccccc2)NC1=O. The van der Waals surface area contributed by atoms with Crippen LogP contribution in [0.4, 0.5) is 0 Å². The van der Waals surface area contributed by atoms with E-state index in [1.54, 1.807) is 42.1 Å². The normalized spacial score (nSPS) is 22.1. The first kappa shape index (κ1) is 32.6. The molecule has 0 unspecified atom stereocenters. The second kappa shape index (κ2) is 14.1. The number of ether oxygens (including phenoxy) is 1. The molecule has 1 aliphatic carbocycles. The van der Waals surface area contributed by atoms with Crippen LogP contribution < -0.4 is 31.3 Å². The van der Waals surface area contributed by atoms with Crippen LogP contribution in [0.15, 0.2) is 66.9 Å². The third-order valence-corrected chi connectivity index (χ3v) is 8.27. The zero-order valence-electron chi connectivity index (χ0n) is 25.6. The third-order valence-electron chi connectivity index (χ3n) is 8.06. The Morgan fingerprint density at radius 1 is 1.00 bits per heavy atom. The van der Waals surface area contributed by atoms with Crippen LogP contribution in [0.3, 0.4) is 0 Å². The van der Waals surface area contributed by atoms with Gasteiger partial charge in [0.2, 0.25) is 23.6 Å². The van der Waals surface area contributed by atoms with Crippen LogP contribution in [-0.4, -0.2) is 70.9 Å². The summed E-state index contributed by atoms with van der Waals surface area (Å²) in [5, 5.41) is 14.3. The summed E-state index contributed by atoms with van der Waals surface area (Å²) in [5.74, 6) is -1.99. The van der Waals surface area contributed by atoms with Gasteiger partial charge in [-0.1, -0.05) is 54.1 Å². The van der Waals surface area contributed by atoms with Crippen molar-refractivity contribution in [2.75, 3.05) is 13.2 Å². The van der Waals surface area contributed by atoms with Gasteiger partial charge in [0.05, 0.1) is 11.6 Å². The molecule has 0 radical (unpaired) electrons. The quantitative estimate of drug-likeness (QED) is 0.269. The van der Waals surface area contributed by atoms with Crippen molar-refractivity contribution in [3.05, 3.63) is 88.7 Å². The largest absolute Gasteiger partial charge is 0.492 e. The maximum absolute atomic E-state index is 13.6. The molecule has 1 aromatic heterocycles. The zero-order valence-corrected chi connectivity index (χ0v) is 26.4. The minimum atomic E-state index is -1.07. The van der Waals surface area contributed by atoms with E-state index < -0.39 is 47.3 Å². The van der Waals surface area contributed by atoms with Gasteiger partial charge in [-0.3, -0.25) is 24.0 Å². The number of hydrogen-bond acceptors (Lipinski definition) is 6. The molecule has 242 valence electrons. The van der Waals surface area contributed by atoms with Crippen LogP contribution in [0.5, 0.6) is 5.75 Å². The van der Waals surface area contributed by atoms with Crippen molar-refractivity contribution in [3.63, 3.8) is 0 Å². The summed E-state index contributed by atoms with van der Waals surface area (Å²) in [6.07, 6.45) is 2.79. The van der Waals surface area contributed by atoms with Crippen molar-refractivity contribution in [3.8, 4) is 5.75 Å². The monoisotopic (exact) mass is 648 g/mol. The Balaban J connectivity index is 1.39. The standard InChI is InChI=1S/C33H37ClN6O6/c1-20-28(41)37-26(16-21-6-4-3-5-7-21)30(43)39-33(12-13-33)32(45)35-14-15-46-24-10-8-22(9-11-24)17-25(29(42)36-20)38-31(44)27-18-23(34)19-40(27)2/h3-11,18-20,25-26H,12-17H2,1-2H3,(H,35,45)(H,36,42)(H,37,41)(H,38,44)(H,39,43)/t20-,25-,26+/m0/s1. The summed E-state index contributed by atoms with van der Waals surface area (Å²) >= 11 is 6.07. The van der Waals surface area contributed by atoms with Gasteiger partial charge in [0.15, 0.2) is 0 Å². The van der Waals surface area contributed by atoms with Crippen LogP contribution >= 0.6 is 11.6 Å². The van der Waals surface area contributed by atoms with E-state index in [1.165, 1.54) is 13.0 Å². The second-order valence-corrected chi connectivity index (χ2v) is 12.1. The van der Waals surface area contributed by atoms with Gasteiger partial charge in [-0.15, -0.1) is 0 Å². The van der Waals surface area contributed by atoms with Gasteiger partial charge in [0, 0.05) is 26.1 Å². The molecule has 0 saturated heterocycles. The number of aryl methyl sites for hydroxylation is 1. The molecule has 1 saturated carbocycles. The van der Waals surface area contributed by atoms with Crippen molar-refractivity contribution in [1.29, 1.82) is 0 Å². The lowest BCUT2D eigenvalue weighted by molar-refractivity contribution is -0.134. The fraction of sp³-hybridized carbons (Fsp3) is 0.364. The Morgan fingerprint density at radius 3 is 2.37 bits per heavy atom. The smallest absolute Gasteiger partial charge is 0.268 e. The molecule has 13 heteroatoms. The molecule has 3 heterocycles. The van der Waals surface area contributed by atoms with Gasteiger partial charge < -0.3 is 35.9 Å². The van der Waals surface area contributed by atoms with Crippen molar-refractivity contribution < 1.29 is 28.7 Å². The van der Waals surface area contributed by atoms with E-state index in [2.05, 4.69) is 26.6 Å². The lowest BCUT2D eigenvalue weighted by Crippen LogP contribution is -2.59. The lowest BCUT2D eigenvalue weighted by atomic mass is 10.0. The first-order valence-electron chi connectivity index (χ1n) is 15.1. The number of rotatable bonds is 4. The topological polar surface area (TPSA) is 160 Å². The Morgan fingerprint density at radius 2 is 1.72 bits per heavy atom. The van der Waals surface area contributed by atoms with Crippen molar-refractivity contribution >= 4 is 41.1 Å². The number of carbonyl (C=O) groups is 5. The van der Waals surface area contributed by atoms with Crippen LogP contribution in [0.1, 0.15) is 41.4 Å². The number of hydrogen-bond donors (Lipinski definition) is 5. The molecule has 3 atom stereocenters. The molecule has 3 aromatic rings. The molecule has 5 amide bonds. The van der Waals surface area contributed by atoms with E-state index in [-0.39, 0.29) is 37.6 Å². The highest BCUT2D eigenvalue weighted by molar-refractivity contribution is 6.31. The zero-order chi connectivity index (χ0) is 32.8. The first-order valence-corrected chi connectivity index (χ1v) is 15.5. The van der Waals surface area contributed by atoms with Gasteiger partial charge >= 0.3 is 0 Å². The summed E-state index contributed by atoms with van der Waals surface area (Å²) < 4.78 is 7.33. The predicted molar refractivity (Wildman–Crippen MR) is 170 cm³/mol. The van der Waals surface area contributed by atoms with Crippen molar-refractivity contribution in [2.45, 2.75) is 56.3 Å². The van der Waals surface area contributed by atoms with Gasteiger partial charge in [0.25, 0.3) is 5.91 Å². The Kier molecular flexibility index (Phi) is 9.96. The predicted octanol–water partition coefficient (Wildman–Crippen LogP) is 1.41. The molecule has 1 spiro atoms. The molecule has 2 bridgehead atoms. The summed E-state index contributed by atoms with van der Waals surface area (Å²) in [6.45, 7) is 1.91. The van der Waals surface area contributed by atoms with Crippen molar-refractivity contribution in [2.24, 2.45) is 7.05 Å². The van der Waals surface area contributed by atoms with E-state index >= 15 is 0 Å². The molecule has 6 rings (SSSR count). The van der Waals surface area contributed by atoms with Gasteiger partial charge in [-0.2, -0.15) is 0 Å². The number of halogens is 1. The second-order valence-electron chi connectivity index (χ2n) is 11.7. The Bertz CT molecular complexity index is 1600. The van der Waals surface area contributed by atoms with Crippen LogP contribution in [-0.2, 0) is 39.1 Å². The molecule has 1 fully saturated rings. The minimum absolute atomic E-state index is 0.113. The molecule has 2 aromatic carbocycles. The summed E-state index contributed by atoms with van der Waals surface area (Å²) in [4.78, 5) is 66.7. The van der Waals surface area contributed by atoms with Gasteiger partial charge in [0.1, 0.15) is 41.7 Å². The highest BCUT2D eigenvalue weighted by Gasteiger charge is 2.51. The summed E-state index contributed by atoms with van der Waals surface area (Å²) in [7, 11) is 1.67. The summed E-state index contributed by atoms with van der Waals surface area (Å²) in [5.41, 5.74) is 0.726. The summed E-state index contributed by atoms with van der Waals surface area (Å²) in [6, 6.07) is 14.5. The molecular weight excluding hydrogens is 612 g/mol. The maximum Gasteiger partial charge on any atom is 0.268 e. The highest BCUT2D eigenvalue weighted by atomic mass is 35.5. The van der Waals surface area contributed by atoms with Gasteiger partial charge in [-0.05, 0) is 49.1 Å². The number of fused-ring (bicyclic) bond motifs is 15. The van der Waals surface area contributed by atoms with Crippen LogP contribution in [0, 0.1) is 0 Å². The number of benzene rings is 2. The van der Waals surface area contributed by atoms with Gasteiger partial charge in [-0.25, -0.2) is 0 Å². The van der Waals surface area contributed by atoms with E-state index in [0.29, 0.717) is 23.6 Å². The third kappa shape index (κ3) is 8.05. The van der Waals surface area contributed by atoms with E-state index in [1.807, 2.05) is 30.3 Å². The number of carbonyl (C=O) groups excluding carboxylic acids is 5. The van der Waals surface area contributed by atoms with E-state index in [9.17, 15) is 24.0 Å². The average molecular weight is 649 g/mol. The molecule has 12 nitrogen and oxygen atoms in total. The minimum Gasteiger partial charge on any atom is -0.492 e. The van der Waals surface area contributed by atoms with Crippen LogP contribution in [0.2, 0.25) is 5.02 Å². The number of aromatic nitrogens is 1. The van der Waals surface area contributed by atoms with E-state index in [0.717, 1.165) is 11.1 Å². The number of amides is 5. The first-order chi connectivity index (χ1) is 22.0. The number of nitrogens with one attached hydrogen (secondary N) is 5. The average Bonchev–Trinajstić information content (AvgIpc) is 3.73. The molecule has 5 N–H and O–H groups in total. The molecule has 3 aliphatic rings. The van der Waals surface area contributed by atoms with Crippen LogP contribution in [0.25, 0.3) is 0 Å². The molecule has 2 aliphatic heterocycles. The Hall–Kier alpha value is -4.84. The molecule has 46 heavy (non-hydrogen) atoms. The maximum atomic E-state index is 13.6.